The molecule has 0 bridgehead atoms. The fraction of sp³-hybridized carbons (Fsp3) is 0.304. The molecule has 0 amide bonds. The summed E-state index contributed by atoms with van der Waals surface area (Å²) in [6, 6.07) is 10.9. The lowest BCUT2D eigenvalue weighted by Gasteiger charge is -2.13. The SMILES string of the molecule is Cc1cc2nc(-c3cncn3C)cc(CCc3ccn(C)n3)c2cc1CCC#N. The van der Waals surface area contributed by atoms with Crippen LogP contribution < -0.4 is 0 Å². The van der Waals surface area contributed by atoms with Crippen molar-refractivity contribution in [3.63, 3.8) is 0 Å². The molecule has 146 valence electrons. The van der Waals surface area contributed by atoms with E-state index in [0.717, 1.165) is 47.2 Å². The van der Waals surface area contributed by atoms with Gasteiger partial charge in [0, 0.05) is 32.1 Å². The Hall–Kier alpha value is -3.46. The van der Waals surface area contributed by atoms with Crippen LogP contribution in [0.3, 0.4) is 0 Å². The highest BCUT2D eigenvalue weighted by atomic mass is 15.2. The first-order valence-corrected chi connectivity index (χ1v) is 9.80. The Morgan fingerprint density at radius 2 is 1.93 bits per heavy atom. The Kier molecular flexibility index (Phi) is 5.13. The van der Waals surface area contributed by atoms with Crippen molar-refractivity contribution in [2.24, 2.45) is 14.1 Å². The molecule has 0 saturated carbocycles. The molecule has 3 aromatic heterocycles. The lowest BCUT2D eigenvalue weighted by Crippen LogP contribution is -2.01. The summed E-state index contributed by atoms with van der Waals surface area (Å²) in [5.74, 6) is 0. The number of aromatic nitrogens is 5. The summed E-state index contributed by atoms with van der Waals surface area (Å²) in [6.07, 6.45) is 8.66. The van der Waals surface area contributed by atoms with Gasteiger partial charge in [0.1, 0.15) is 0 Å². The van der Waals surface area contributed by atoms with Gasteiger partial charge in [-0.3, -0.25) is 4.68 Å². The van der Waals surface area contributed by atoms with Crippen molar-refractivity contribution < 1.29 is 0 Å². The molecular formula is C23H24N6. The number of nitriles is 1. The molecule has 6 heteroatoms. The fourth-order valence-electron chi connectivity index (χ4n) is 3.75. The molecule has 0 radical (unpaired) electrons. The summed E-state index contributed by atoms with van der Waals surface area (Å²) in [5, 5.41) is 14.7. The number of fused-ring (bicyclic) bond motifs is 1. The summed E-state index contributed by atoms with van der Waals surface area (Å²) in [6.45, 7) is 2.10. The molecule has 4 aromatic rings. The van der Waals surface area contributed by atoms with Crippen molar-refractivity contribution in [3.8, 4) is 17.5 Å². The summed E-state index contributed by atoms with van der Waals surface area (Å²) < 4.78 is 3.83. The molecule has 0 aliphatic carbocycles. The fourth-order valence-corrected chi connectivity index (χ4v) is 3.75. The number of benzene rings is 1. The predicted molar refractivity (Wildman–Crippen MR) is 113 cm³/mol. The van der Waals surface area contributed by atoms with Gasteiger partial charge in [-0.05, 0) is 67.1 Å². The molecule has 29 heavy (non-hydrogen) atoms. The van der Waals surface area contributed by atoms with Crippen LogP contribution in [0.4, 0.5) is 0 Å². The highest BCUT2D eigenvalue weighted by Gasteiger charge is 2.13. The number of imidazole rings is 1. The van der Waals surface area contributed by atoms with E-state index in [-0.39, 0.29) is 0 Å². The molecule has 0 unspecified atom stereocenters. The quantitative estimate of drug-likeness (QED) is 0.505. The van der Waals surface area contributed by atoms with Gasteiger partial charge in [0.25, 0.3) is 0 Å². The second-order valence-corrected chi connectivity index (χ2v) is 7.49. The van der Waals surface area contributed by atoms with Crippen LogP contribution in [0, 0.1) is 18.3 Å². The van der Waals surface area contributed by atoms with Crippen LogP contribution in [0.15, 0.2) is 43.0 Å². The highest BCUT2D eigenvalue weighted by molar-refractivity contribution is 5.86. The third-order valence-electron chi connectivity index (χ3n) is 5.36. The summed E-state index contributed by atoms with van der Waals surface area (Å²) >= 11 is 0. The molecular weight excluding hydrogens is 360 g/mol. The molecule has 0 N–H and O–H groups in total. The number of hydrogen-bond acceptors (Lipinski definition) is 4. The number of hydrogen-bond donors (Lipinski definition) is 0. The maximum absolute atomic E-state index is 8.99. The Bertz CT molecular complexity index is 1210. The summed E-state index contributed by atoms with van der Waals surface area (Å²) in [5.41, 5.74) is 7.63. The highest BCUT2D eigenvalue weighted by Crippen LogP contribution is 2.28. The maximum atomic E-state index is 8.99. The number of rotatable bonds is 6. The second-order valence-electron chi connectivity index (χ2n) is 7.49. The van der Waals surface area contributed by atoms with Gasteiger partial charge in [0.15, 0.2) is 0 Å². The predicted octanol–water partition coefficient (Wildman–Crippen LogP) is 3.92. The minimum Gasteiger partial charge on any atom is -0.332 e. The smallest absolute Gasteiger partial charge is 0.0948 e. The van der Waals surface area contributed by atoms with Crippen molar-refractivity contribution in [3.05, 3.63) is 65.4 Å². The van der Waals surface area contributed by atoms with Crippen LogP contribution in [0.2, 0.25) is 0 Å². The molecule has 3 heterocycles. The normalized spacial score (nSPS) is 11.1. The first-order valence-electron chi connectivity index (χ1n) is 9.80. The second kappa shape index (κ2) is 7.88. The van der Waals surface area contributed by atoms with Crippen LogP contribution in [-0.2, 0) is 33.4 Å². The van der Waals surface area contributed by atoms with Crippen molar-refractivity contribution >= 4 is 10.9 Å². The molecule has 4 rings (SSSR count). The van der Waals surface area contributed by atoms with Crippen LogP contribution in [0.25, 0.3) is 22.3 Å². The molecule has 0 atom stereocenters. The first-order chi connectivity index (χ1) is 14.0. The van der Waals surface area contributed by atoms with Gasteiger partial charge < -0.3 is 4.57 Å². The van der Waals surface area contributed by atoms with Gasteiger partial charge in [-0.2, -0.15) is 10.4 Å². The van der Waals surface area contributed by atoms with E-state index in [4.69, 9.17) is 10.2 Å². The van der Waals surface area contributed by atoms with Crippen LogP contribution in [0.1, 0.15) is 28.8 Å². The van der Waals surface area contributed by atoms with E-state index < -0.39 is 0 Å². The monoisotopic (exact) mass is 384 g/mol. The van der Waals surface area contributed by atoms with Crippen LogP contribution >= 0.6 is 0 Å². The lowest BCUT2D eigenvalue weighted by atomic mass is 9.96. The van der Waals surface area contributed by atoms with Crippen molar-refractivity contribution in [1.82, 2.24) is 24.3 Å². The molecule has 1 aromatic carbocycles. The topological polar surface area (TPSA) is 72.3 Å². The van der Waals surface area contributed by atoms with Crippen molar-refractivity contribution in [1.29, 1.82) is 5.26 Å². The zero-order chi connectivity index (χ0) is 20.4. The molecule has 0 spiro atoms. The largest absolute Gasteiger partial charge is 0.332 e. The Morgan fingerprint density at radius 1 is 1.07 bits per heavy atom. The minimum atomic E-state index is 0.524. The van der Waals surface area contributed by atoms with Crippen molar-refractivity contribution in [2.45, 2.75) is 32.6 Å². The van der Waals surface area contributed by atoms with E-state index in [9.17, 15) is 0 Å². The third kappa shape index (κ3) is 3.90. The van der Waals surface area contributed by atoms with E-state index >= 15 is 0 Å². The van der Waals surface area contributed by atoms with Gasteiger partial charge in [-0.1, -0.05) is 0 Å². The molecule has 0 aliphatic rings. The van der Waals surface area contributed by atoms with Gasteiger partial charge in [0.2, 0.25) is 0 Å². The minimum absolute atomic E-state index is 0.524. The third-order valence-corrected chi connectivity index (χ3v) is 5.36. The zero-order valence-electron chi connectivity index (χ0n) is 17.1. The average molecular weight is 384 g/mol. The van der Waals surface area contributed by atoms with E-state index in [1.54, 1.807) is 6.33 Å². The molecule has 0 fully saturated rings. The summed E-state index contributed by atoms with van der Waals surface area (Å²) in [7, 11) is 3.92. The molecule has 0 aliphatic heterocycles. The van der Waals surface area contributed by atoms with E-state index in [2.05, 4.69) is 47.3 Å². The number of aryl methyl sites for hydroxylation is 6. The standard InChI is InChI=1S/C23H24N6/c1-16-11-21-20(12-17(16)5-4-9-24)18(6-7-19-8-10-29(3)27-19)13-22(26-21)23-14-25-15-28(23)2/h8,10-15H,4-7H2,1-3H3. The van der Waals surface area contributed by atoms with Gasteiger partial charge in [0.05, 0.1) is 41.2 Å². The van der Waals surface area contributed by atoms with Gasteiger partial charge in [-0.25, -0.2) is 9.97 Å². The van der Waals surface area contributed by atoms with E-state index in [1.807, 2.05) is 35.7 Å². The molecule has 6 nitrogen and oxygen atoms in total. The Balaban J connectivity index is 1.81. The van der Waals surface area contributed by atoms with Gasteiger partial charge in [-0.15, -0.1) is 0 Å². The zero-order valence-corrected chi connectivity index (χ0v) is 17.1. The Labute approximate surface area is 170 Å². The summed E-state index contributed by atoms with van der Waals surface area (Å²) in [4.78, 5) is 9.18. The first kappa shape index (κ1) is 18.9. The van der Waals surface area contributed by atoms with Crippen molar-refractivity contribution in [2.75, 3.05) is 0 Å². The molecule has 0 saturated heterocycles. The Morgan fingerprint density at radius 3 is 2.62 bits per heavy atom. The average Bonchev–Trinajstić information content (AvgIpc) is 3.32. The number of pyridine rings is 1. The van der Waals surface area contributed by atoms with E-state index in [1.165, 1.54) is 16.7 Å². The van der Waals surface area contributed by atoms with Crippen LogP contribution in [0.5, 0.6) is 0 Å². The van der Waals surface area contributed by atoms with Crippen LogP contribution in [-0.4, -0.2) is 24.3 Å². The maximum Gasteiger partial charge on any atom is 0.0948 e. The van der Waals surface area contributed by atoms with E-state index in [0.29, 0.717) is 6.42 Å². The van der Waals surface area contributed by atoms with Gasteiger partial charge >= 0.3 is 0 Å². The number of nitrogens with zero attached hydrogens (tertiary/aromatic N) is 6. The lowest BCUT2D eigenvalue weighted by molar-refractivity contribution is 0.737.